The number of hydrogen-bond donors (Lipinski definition) is 2. The largest absolute Gasteiger partial charge is 0.441 e. The van der Waals surface area contributed by atoms with Crippen molar-refractivity contribution in [1.82, 2.24) is 9.97 Å². The fraction of sp³-hybridized carbons (Fsp3) is 0.263. The standard InChI is InChI=1S/C19H18N4O4S/c1-10-16(23-19(25)27-14-8-26-9-14)5-13(7-20-10)12-3-4-15-17(6-12)28-18(22-15)21-11(2)24/h3-7,14H,8-9H2,1-2H3,(H,23,25)(H,21,22,24). The molecular formula is C19H18N4O4S. The van der Waals surface area contributed by atoms with E-state index in [1.54, 1.807) is 6.20 Å². The van der Waals surface area contributed by atoms with Gasteiger partial charge >= 0.3 is 6.09 Å². The highest BCUT2D eigenvalue weighted by atomic mass is 32.1. The number of fused-ring (bicyclic) bond motifs is 1. The summed E-state index contributed by atoms with van der Waals surface area (Å²) in [6, 6.07) is 7.67. The van der Waals surface area contributed by atoms with Gasteiger partial charge < -0.3 is 14.8 Å². The van der Waals surface area contributed by atoms with Gasteiger partial charge in [0.2, 0.25) is 5.91 Å². The van der Waals surface area contributed by atoms with Crippen LogP contribution in [0.5, 0.6) is 0 Å². The van der Waals surface area contributed by atoms with Crippen LogP contribution < -0.4 is 10.6 Å². The molecule has 0 saturated carbocycles. The monoisotopic (exact) mass is 398 g/mol. The number of amides is 2. The Kier molecular flexibility index (Phi) is 4.93. The Morgan fingerprint density at radius 2 is 2.04 bits per heavy atom. The Morgan fingerprint density at radius 3 is 2.75 bits per heavy atom. The highest BCUT2D eigenvalue weighted by molar-refractivity contribution is 7.22. The van der Waals surface area contributed by atoms with Gasteiger partial charge in [-0.1, -0.05) is 17.4 Å². The second kappa shape index (κ2) is 7.53. The van der Waals surface area contributed by atoms with Crippen LogP contribution in [0.3, 0.4) is 0 Å². The lowest BCUT2D eigenvalue weighted by atomic mass is 10.1. The first-order chi connectivity index (χ1) is 13.5. The molecule has 2 N–H and O–H groups in total. The lowest BCUT2D eigenvalue weighted by Gasteiger charge is -2.25. The van der Waals surface area contributed by atoms with Gasteiger partial charge in [0.1, 0.15) is 0 Å². The lowest BCUT2D eigenvalue weighted by molar-refractivity contribution is -0.114. The SMILES string of the molecule is CC(=O)Nc1nc2ccc(-c3cnc(C)c(NC(=O)OC4COC4)c3)cc2s1. The molecule has 0 spiro atoms. The normalized spacial score (nSPS) is 13.8. The summed E-state index contributed by atoms with van der Waals surface area (Å²) >= 11 is 1.40. The minimum absolute atomic E-state index is 0.155. The van der Waals surface area contributed by atoms with Crippen molar-refractivity contribution in [3.05, 3.63) is 36.2 Å². The van der Waals surface area contributed by atoms with Gasteiger partial charge in [0.25, 0.3) is 0 Å². The Balaban J connectivity index is 1.57. The van der Waals surface area contributed by atoms with Crippen LogP contribution in [0.15, 0.2) is 30.5 Å². The molecule has 1 saturated heterocycles. The number of anilines is 2. The van der Waals surface area contributed by atoms with E-state index in [4.69, 9.17) is 9.47 Å². The molecule has 1 aliphatic rings. The van der Waals surface area contributed by atoms with Crippen molar-refractivity contribution >= 4 is 44.4 Å². The molecule has 9 heteroatoms. The first-order valence-electron chi connectivity index (χ1n) is 8.68. The molecule has 0 bridgehead atoms. The van der Waals surface area contributed by atoms with Crippen molar-refractivity contribution in [1.29, 1.82) is 0 Å². The quantitative estimate of drug-likeness (QED) is 0.696. The number of carbonyl (C=O) groups is 2. The molecule has 0 atom stereocenters. The maximum atomic E-state index is 12.0. The van der Waals surface area contributed by atoms with E-state index in [0.717, 1.165) is 21.3 Å². The molecule has 2 amide bonds. The number of aromatic nitrogens is 2. The Morgan fingerprint density at radius 1 is 1.21 bits per heavy atom. The molecule has 2 aromatic heterocycles. The van der Waals surface area contributed by atoms with Crippen molar-refractivity contribution in [3.8, 4) is 11.1 Å². The second-order valence-electron chi connectivity index (χ2n) is 6.43. The van der Waals surface area contributed by atoms with E-state index in [0.29, 0.717) is 29.7 Å². The van der Waals surface area contributed by atoms with Gasteiger partial charge in [-0.25, -0.2) is 9.78 Å². The van der Waals surface area contributed by atoms with Crippen LogP contribution in [0.25, 0.3) is 21.3 Å². The number of rotatable bonds is 4. The number of aryl methyl sites for hydroxylation is 1. The number of nitrogens with zero attached hydrogens (tertiary/aromatic N) is 2. The topological polar surface area (TPSA) is 102 Å². The van der Waals surface area contributed by atoms with Crippen LogP contribution >= 0.6 is 11.3 Å². The van der Waals surface area contributed by atoms with Crippen molar-refractivity contribution in [2.24, 2.45) is 0 Å². The third-order valence-electron chi connectivity index (χ3n) is 4.21. The molecule has 3 aromatic rings. The minimum Gasteiger partial charge on any atom is -0.441 e. The second-order valence-corrected chi connectivity index (χ2v) is 7.46. The number of benzene rings is 1. The fourth-order valence-electron chi connectivity index (χ4n) is 2.70. The predicted octanol–water partition coefficient (Wildman–Crippen LogP) is 3.57. The van der Waals surface area contributed by atoms with Crippen molar-refractivity contribution in [3.63, 3.8) is 0 Å². The summed E-state index contributed by atoms with van der Waals surface area (Å²) in [6.07, 6.45) is 1.04. The van der Waals surface area contributed by atoms with Crippen LogP contribution in [-0.2, 0) is 14.3 Å². The Labute approximate surface area is 164 Å². The molecule has 144 valence electrons. The van der Waals surface area contributed by atoms with Gasteiger partial charge in [-0.3, -0.25) is 15.1 Å². The van der Waals surface area contributed by atoms with Gasteiger partial charge in [-0.15, -0.1) is 0 Å². The molecular weight excluding hydrogens is 380 g/mol. The van der Waals surface area contributed by atoms with E-state index < -0.39 is 6.09 Å². The van der Waals surface area contributed by atoms with E-state index in [1.807, 2.05) is 31.2 Å². The smallest absolute Gasteiger partial charge is 0.412 e. The van der Waals surface area contributed by atoms with E-state index in [1.165, 1.54) is 18.3 Å². The molecule has 0 unspecified atom stereocenters. The third kappa shape index (κ3) is 3.95. The molecule has 28 heavy (non-hydrogen) atoms. The first-order valence-corrected chi connectivity index (χ1v) is 9.50. The van der Waals surface area contributed by atoms with Crippen molar-refractivity contribution < 1.29 is 19.1 Å². The van der Waals surface area contributed by atoms with E-state index >= 15 is 0 Å². The van der Waals surface area contributed by atoms with Gasteiger partial charge in [0.05, 0.1) is 34.8 Å². The summed E-state index contributed by atoms with van der Waals surface area (Å²) < 4.78 is 11.2. The number of pyridine rings is 1. The number of nitrogens with one attached hydrogen (secondary N) is 2. The van der Waals surface area contributed by atoms with E-state index in [2.05, 4.69) is 20.6 Å². The predicted molar refractivity (Wildman–Crippen MR) is 107 cm³/mol. The average molecular weight is 398 g/mol. The maximum absolute atomic E-state index is 12.0. The number of carbonyl (C=O) groups excluding carboxylic acids is 2. The Bertz CT molecular complexity index is 1060. The fourth-order valence-corrected chi connectivity index (χ4v) is 3.65. The van der Waals surface area contributed by atoms with Gasteiger partial charge in [0.15, 0.2) is 11.2 Å². The summed E-state index contributed by atoms with van der Waals surface area (Å²) in [5, 5.41) is 6.01. The van der Waals surface area contributed by atoms with E-state index in [-0.39, 0.29) is 12.0 Å². The maximum Gasteiger partial charge on any atom is 0.412 e. The van der Waals surface area contributed by atoms with Gasteiger partial charge in [-0.05, 0) is 30.7 Å². The van der Waals surface area contributed by atoms with Crippen molar-refractivity contribution in [2.75, 3.05) is 23.8 Å². The molecule has 4 rings (SSSR count). The van der Waals surface area contributed by atoms with Crippen molar-refractivity contribution in [2.45, 2.75) is 20.0 Å². The van der Waals surface area contributed by atoms with Crippen LogP contribution in [0.2, 0.25) is 0 Å². The molecule has 1 fully saturated rings. The van der Waals surface area contributed by atoms with E-state index in [9.17, 15) is 9.59 Å². The lowest BCUT2D eigenvalue weighted by Crippen LogP contribution is -2.39. The van der Waals surface area contributed by atoms with Gasteiger partial charge in [-0.2, -0.15) is 0 Å². The first kappa shape index (κ1) is 18.3. The van der Waals surface area contributed by atoms with Crippen LogP contribution in [-0.4, -0.2) is 41.3 Å². The number of thiazole rings is 1. The molecule has 3 heterocycles. The average Bonchev–Trinajstić information content (AvgIpc) is 3.00. The number of hydrogen-bond acceptors (Lipinski definition) is 7. The Hall–Kier alpha value is -3.04. The molecule has 8 nitrogen and oxygen atoms in total. The molecule has 1 aliphatic heterocycles. The summed E-state index contributed by atoms with van der Waals surface area (Å²) in [6.45, 7) is 4.13. The van der Waals surface area contributed by atoms with Crippen LogP contribution in [0, 0.1) is 6.92 Å². The summed E-state index contributed by atoms with van der Waals surface area (Å²) in [5.41, 5.74) is 3.87. The molecule has 1 aromatic carbocycles. The van der Waals surface area contributed by atoms with Crippen LogP contribution in [0.4, 0.5) is 15.6 Å². The molecule has 0 aliphatic carbocycles. The number of ether oxygens (including phenoxy) is 2. The van der Waals surface area contributed by atoms with Crippen LogP contribution in [0.1, 0.15) is 12.6 Å². The summed E-state index contributed by atoms with van der Waals surface area (Å²) in [5.74, 6) is -0.155. The third-order valence-corrected chi connectivity index (χ3v) is 5.14. The zero-order chi connectivity index (χ0) is 19.7. The zero-order valence-corrected chi connectivity index (χ0v) is 16.1. The highest BCUT2D eigenvalue weighted by Crippen LogP contribution is 2.31. The molecule has 0 radical (unpaired) electrons. The van der Waals surface area contributed by atoms with Gasteiger partial charge in [0, 0.05) is 18.7 Å². The summed E-state index contributed by atoms with van der Waals surface area (Å²) in [4.78, 5) is 32.0. The zero-order valence-electron chi connectivity index (χ0n) is 15.3. The highest BCUT2D eigenvalue weighted by Gasteiger charge is 2.23. The minimum atomic E-state index is -0.520. The summed E-state index contributed by atoms with van der Waals surface area (Å²) in [7, 11) is 0.